The van der Waals surface area contributed by atoms with Crippen LogP contribution >= 0.6 is 0 Å². The molecule has 1 aromatic heterocycles. The van der Waals surface area contributed by atoms with Crippen molar-refractivity contribution < 1.29 is 8.42 Å². The Kier molecular flexibility index (Phi) is 4.27. The lowest BCUT2D eigenvalue weighted by molar-refractivity contribution is 0.263. The van der Waals surface area contributed by atoms with Crippen LogP contribution in [0.4, 0.5) is 0 Å². The second-order valence-corrected chi connectivity index (χ2v) is 7.22. The molecule has 0 aliphatic heterocycles. The van der Waals surface area contributed by atoms with Crippen LogP contribution in [-0.4, -0.2) is 43.6 Å². The molecule has 1 saturated carbocycles. The highest BCUT2D eigenvalue weighted by atomic mass is 32.2. The number of nitrogens with zero attached hydrogens (tertiary/aromatic N) is 2. The summed E-state index contributed by atoms with van der Waals surface area (Å²) >= 11 is 0. The number of hydrogen-bond acceptors (Lipinski definition) is 4. The third-order valence-electron chi connectivity index (χ3n) is 3.71. The second-order valence-electron chi connectivity index (χ2n) is 5.24. The molecule has 0 unspecified atom stereocenters. The summed E-state index contributed by atoms with van der Waals surface area (Å²) in [6.07, 6.45) is 3.48. The van der Waals surface area contributed by atoms with Gasteiger partial charge in [-0.3, -0.25) is 5.10 Å². The molecule has 0 amide bonds. The van der Waals surface area contributed by atoms with Gasteiger partial charge in [-0.05, 0) is 32.7 Å². The van der Waals surface area contributed by atoms with Gasteiger partial charge in [0.15, 0.2) is 0 Å². The third-order valence-corrected chi connectivity index (χ3v) is 5.74. The van der Waals surface area contributed by atoms with Gasteiger partial charge in [0.25, 0.3) is 0 Å². The molecule has 1 aliphatic carbocycles. The number of nitrogens with one attached hydrogen (secondary N) is 2. The first kappa shape index (κ1) is 14.5. The van der Waals surface area contributed by atoms with Gasteiger partial charge in [0.2, 0.25) is 10.0 Å². The fraction of sp³-hybridized carbons (Fsp3) is 0.750. The zero-order chi connectivity index (χ0) is 14.0. The molecule has 2 N–H and O–H groups in total. The summed E-state index contributed by atoms with van der Waals surface area (Å²) in [6, 6.07) is 0. The zero-order valence-electron chi connectivity index (χ0n) is 11.7. The Morgan fingerprint density at radius 2 is 2.16 bits per heavy atom. The molecular weight excluding hydrogens is 264 g/mol. The Labute approximate surface area is 114 Å². The number of hydrogen-bond donors (Lipinski definition) is 2. The summed E-state index contributed by atoms with van der Waals surface area (Å²) in [5.41, 5.74) is 1.16. The molecular formula is C12H22N4O2S. The molecule has 0 spiro atoms. The first-order valence-electron chi connectivity index (χ1n) is 6.61. The van der Waals surface area contributed by atoms with Crippen LogP contribution in [0.25, 0.3) is 0 Å². The lowest BCUT2D eigenvalue weighted by Gasteiger charge is -2.29. The van der Waals surface area contributed by atoms with Crippen molar-refractivity contribution >= 4 is 10.0 Å². The van der Waals surface area contributed by atoms with Crippen molar-refractivity contribution in [1.82, 2.24) is 19.8 Å². The lowest BCUT2D eigenvalue weighted by Crippen LogP contribution is -2.35. The van der Waals surface area contributed by atoms with Crippen molar-refractivity contribution in [3.63, 3.8) is 0 Å². The SMILES string of the molecule is CNCc1n[nH]c(C)c1S(=O)(=O)N(C)CC1CCC1. The van der Waals surface area contributed by atoms with Gasteiger partial charge in [0.1, 0.15) is 4.90 Å². The smallest absolute Gasteiger partial charge is 0.246 e. The van der Waals surface area contributed by atoms with Crippen molar-refractivity contribution in [1.29, 1.82) is 0 Å². The average molecular weight is 286 g/mol. The van der Waals surface area contributed by atoms with Crippen LogP contribution in [0.1, 0.15) is 30.7 Å². The molecule has 1 fully saturated rings. The van der Waals surface area contributed by atoms with E-state index in [1.165, 1.54) is 10.7 Å². The second kappa shape index (κ2) is 5.60. The summed E-state index contributed by atoms with van der Waals surface area (Å²) in [5, 5.41) is 9.79. The van der Waals surface area contributed by atoms with Crippen LogP contribution in [0.5, 0.6) is 0 Å². The van der Waals surface area contributed by atoms with E-state index in [9.17, 15) is 8.42 Å². The molecule has 0 radical (unpaired) electrons. The zero-order valence-corrected chi connectivity index (χ0v) is 12.5. The maximum atomic E-state index is 12.6. The van der Waals surface area contributed by atoms with Gasteiger partial charge < -0.3 is 5.32 Å². The minimum atomic E-state index is -3.45. The van der Waals surface area contributed by atoms with Crippen LogP contribution in [-0.2, 0) is 16.6 Å². The Balaban J connectivity index is 2.24. The van der Waals surface area contributed by atoms with Gasteiger partial charge in [-0.2, -0.15) is 5.10 Å². The summed E-state index contributed by atoms with van der Waals surface area (Å²) in [4.78, 5) is 0.323. The van der Waals surface area contributed by atoms with Crippen LogP contribution in [0, 0.1) is 12.8 Å². The predicted molar refractivity (Wildman–Crippen MR) is 73.2 cm³/mol. The molecule has 6 nitrogen and oxygen atoms in total. The van der Waals surface area contributed by atoms with E-state index in [1.54, 1.807) is 21.0 Å². The first-order valence-corrected chi connectivity index (χ1v) is 8.05. The molecule has 7 heteroatoms. The van der Waals surface area contributed by atoms with Gasteiger partial charge in [-0.25, -0.2) is 12.7 Å². The molecule has 1 heterocycles. The summed E-state index contributed by atoms with van der Waals surface area (Å²) in [5.74, 6) is 0.514. The Bertz CT molecular complexity index is 534. The minimum Gasteiger partial charge on any atom is -0.314 e. The molecule has 108 valence electrons. The van der Waals surface area contributed by atoms with Crippen molar-refractivity contribution in [2.45, 2.75) is 37.6 Å². The van der Waals surface area contributed by atoms with E-state index >= 15 is 0 Å². The summed E-state index contributed by atoms with van der Waals surface area (Å²) < 4.78 is 26.7. The fourth-order valence-electron chi connectivity index (χ4n) is 2.39. The third kappa shape index (κ3) is 2.82. The summed E-state index contributed by atoms with van der Waals surface area (Å²) in [7, 11) is -0.0186. The van der Waals surface area contributed by atoms with Crippen LogP contribution in [0.3, 0.4) is 0 Å². The molecule has 0 aromatic carbocycles. The van der Waals surface area contributed by atoms with E-state index in [0.29, 0.717) is 35.3 Å². The monoisotopic (exact) mass is 286 g/mol. The first-order chi connectivity index (χ1) is 8.96. The lowest BCUT2D eigenvalue weighted by atomic mass is 9.86. The van der Waals surface area contributed by atoms with E-state index in [-0.39, 0.29) is 0 Å². The van der Waals surface area contributed by atoms with Gasteiger partial charge >= 0.3 is 0 Å². The van der Waals surface area contributed by atoms with E-state index in [1.807, 2.05) is 0 Å². The standard InChI is InChI=1S/C12H22N4O2S/c1-9-12(11(7-13-2)15-14-9)19(17,18)16(3)8-10-5-4-6-10/h10,13H,4-8H2,1-3H3,(H,14,15). The molecule has 0 atom stereocenters. The van der Waals surface area contributed by atoms with Crippen LogP contribution in [0.2, 0.25) is 0 Å². The molecule has 19 heavy (non-hydrogen) atoms. The maximum Gasteiger partial charge on any atom is 0.246 e. The average Bonchev–Trinajstić information content (AvgIpc) is 2.65. The Morgan fingerprint density at radius 1 is 1.47 bits per heavy atom. The topological polar surface area (TPSA) is 78.1 Å². The normalized spacial score (nSPS) is 16.8. The van der Waals surface area contributed by atoms with E-state index in [2.05, 4.69) is 15.5 Å². The highest BCUT2D eigenvalue weighted by Crippen LogP contribution is 2.29. The van der Waals surface area contributed by atoms with Gasteiger partial charge in [0.05, 0.1) is 11.4 Å². The molecule has 1 aliphatic rings. The largest absolute Gasteiger partial charge is 0.314 e. The van der Waals surface area contributed by atoms with Crippen molar-refractivity contribution in [3.05, 3.63) is 11.4 Å². The van der Waals surface area contributed by atoms with Gasteiger partial charge in [-0.1, -0.05) is 6.42 Å². The van der Waals surface area contributed by atoms with Crippen molar-refractivity contribution in [2.24, 2.45) is 5.92 Å². The van der Waals surface area contributed by atoms with E-state index in [4.69, 9.17) is 0 Å². The van der Waals surface area contributed by atoms with Crippen molar-refractivity contribution in [3.8, 4) is 0 Å². The van der Waals surface area contributed by atoms with E-state index < -0.39 is 10.0 Å². The molecule has 1 aromatic rings. The van der Waals surface area contributed by atoms with Gasteiger partial charge in [-0.15, -0.1) is 0 Å². The Hall–Kier alpha value is -0.920. The number of aryl methyl sites for hydroxylation is 1. The highest BCUT2D eigenvalue weighted by Gasteiger charge is 2.31. The number of aromatic nitrogens is 2. The number of aromatic amines is 1. The molecule has 0 bridgehead atoms. The van der Waals surface area contributed by atoms with Crippen molar-refractivity contribution in [2.75, 3.05) is 20.6 Å². The Morgan fingerprint density at radius 3 is 2.68 bits per heavy atom. The van der Waals surface area contributed by atoms with Crippen LogP contribution < -0.4 is 5.32 Å². The maximum absolute atomic E-state index is 12.6. The molecule has 0 saturated heterocycles. The number of rotatable bonds is 6. The quantitative estimate of drug-likeness (QED) is 0.813. The summed E-state index contributed by atoms with van der Waals surface area (Å²) in [6.45, 7) is 2.79. The van der Waals surface area contributed by atoms with Gasteiger partial charge in [0, 0.05) is 20.1 Å². The van der Waals surface area contributed by atoms with Crippen LogP contribution in [0.15, 0.2) is 4.90 Å². The number of H-pyrrole nitrogens is 1. The fourth-order valence-corrected chi connectivity index (χ4v) is 3.96. The van der Waals surface area contributed by atoms with E-state index in [0.717, 1.165) is 12.8 Å². The predicted octanol–water partition coefficient (Wildman–Crippen LogP) is 0.858. The molecule has 2 rings (SSSR count). The number of sulfonamides is 1. The minimum absolute atomic E-state index is 0.323. The highest BCUT2D eigenvalue weighted by molar-refractivity contribution is 7.89.